The van der Waals surface area contributed by atoms with Crippen molar-refractivity contribution < 1.29 is 14.4 Å². The van der Waals surface area contributed by atoms with Crippen LogP contribution in [0.5, 0.6) is 0 Å². The van der Waals surface area contributed by atoms with E-state index >= 15 is 0 Å². The molecular weight excluding hydrogens is 600 g/mol. The number of nitrogens with one attached hydrogen (secondary N) is 1. The Balaban J connectivity index is 1.33. The molecule has 3 aromatic heterocycles. The Kier molecular flexibility index (Phi) is 6.65. The van der Waals surface area contributed by atoms with Crippen molar-refractivity contribution in [1.82, 2.24) is 29.6 Å². The first-order chi connectivity index (χ1) is 20.0. The van der Waals surface area contributed by atoms with Crippen LogP contribution >= 0.6 is 15.9 Å². The Morgan fingerprint density at radius 2 is 1.83 bits per heavy atom. The number of pyridine rings is 1. The van der Waals surface area contributed by atoms with E-state index in [4.69, 9.17) is 0 Å². The molecule has 1 N–H and O–H groups in total. The predicted octanol–water partition coefficient (Wildman–Crippen LogP) is 4.30. The van der Waals surface area contributed by atoms with Crippen LogP contribution in [-0.2, 0) is 16.1 Å². The maximum atomic E-state index is 13.9. The van der Waals surface area contributed by atoms with Gasteiger partial charge >= 0.3 is 0 Å². The average molecular weight is 628 g/mol. The zero-order valence-electron chi connectivity index (χ0n) is 23.5. The van der Waals surface area contributed by atoms with E-state index in [-0.39, 0.29) is 36.4 Å². The molecule has 1 saturated heterocycles. The summed E-state index contributed by atoms with van der Waals surface area (Å²) >= 11 is 3.33. The van der Waals surface area contributed by atoms with Gasteiger partial charge in [-0.05, 0) is 84.4 Å². The minimum atomic E-state index is -0.834. The Bertz CT molecular complexity index is 1840. The van der Waals surface area contributed by atoms with Crippen molar-refractivity contribution in [2.24, 2.45) is 5.41 Å². The van der Waals surface area contributed by atoms with Gasteiger partial charge in [-0.25, -0.2) is 15.0 Å². The number of amides is 2. The number of rotatable bonds is 6. The lowest BCUT2D eigenvalue weighted by molar-refractivity contribution is -0.138. The molecular formula is C30H27BrN8O3. The Labute approximate surface area is 250 Å². The number of benzene rings is 1. The highest BCUT2D eigenvalue weighted by atomic mass is 79.9. The standard InChI is InChI=1S/C30H27BrN8O3/c1-15-5-6-24(31)35-28(15)36-29(42)22-9-30(14-32)10-23(30)39(22)25(41)13-38-27-16(2)7-19(20-11-33-18(4)34-12-20)8-21(27)26(37-38)17(3)40/h5-8,11-12,22-23H,9-10,13H2,1-4H3,(H,35,36,42)/t22-,23+,30-/m0/s1. The number of carbonyl (C=O) groups is 3. The SMILES string of the molecule is CC(=O)c1nn(CC(=O)N2[C@H](C(=O)Nc3nc(Br)ccc3C)C[C@@]3(C#N)C[C@@H]23)c2c(C)cc(-c3cnc(C)nc3)cc12. The van der Waals surface area contributed by atoms with Gasteiger partial charge in [0, 0.05) is 30.3 Å². The second-order valence-corrected chi connectivity index (χ2v) is 11.9. The van der Waals surface area contributed by atoms with Crippen LogP contribution in [0, 0.1) is 37.5 Å². The first-order valence-electron chi connectivity index (χ1n) is 13.5. The number of piperidine rings is 1. The Morgan fingerprint density at radius 1 is 1.10 bits per heavy atom. The van der Waals surface area contributed by atoms with E-state index in [2.05, 4.69) is 47.4 Å². The summed E-state index contributed by atoms with van der Waals surface area (Å²) in [6.45, 7) is 6.79. The fourth-order valence-electron chi connectivity index (χ4n) is 5.91. The van der Waals surface area contributed by atoms with Crippen LogP contribution in [0.25, 0.3) is 22.0 Å². The van der Waals surface area contributed by atoms with Gasteiger partial charge < -0.3 is 10.2 Å². The van der Waals surface area contributed by atoms with Gasteiger partial charge in [-0.3, -0.25) is 19.1 Å². The lowest BCUT2D eigenvalue weighted by Gasteiger charge is -2.27. The number of nitrogens with zero attached hydrogens (tertiary/aromatic N) is 7. The summed E-state index contributed by atoms with van der Waals surface area (Å²) in [5, 5.41) is 17.9. The van der Waals surface area contributed by atoms with Gasteiger partial charge in [0.15, 0.2) is 5.78 Å². The molecule has 4 heterocycles. The smallest absolute Gasteiger partial charge is 0.248 e. The van der Waals surface area contributed by atoms with Crippen LogP contribution in [0.4, 0.5) is 5.82 Å². The number of hydrogen-bond acceptors (Lipinski definition) is 8. The molecule has 3 atom stereocenters. The summed E-state index contributed by atoms with van der Waals surface area (Å²) in [6, 6.07) is 8.57. The molecule has 2 amide bonds. The number of nitriles is 1. The molecule has 2 fully saturated rings. The van der Waals surface area contributed by atoms with E-state index in [1.54, 1.807) is 18.5 Å². The molecule has 1 aromatic carbocycles. The number of carbonyl (C=O) groups excluding carboxylic acids is 3. The molecule has 1 saturated carbocycles. The summed E-state index contributed by atoms with van der Waals surface area (Å²) in [5.41, 5.74) is 3.39. The molecule has 2 aliphatic rings. The largest absolute Gasteiger partial charge is 0.324 e. The number of ketones is 1. The molecule has 42 heavy (non-hydrogen) atoms. The normalized spacial score (nSPS) is 20.7. The fraction of sp³-hybridized carbons (Fsp3) is 0.333. The third-order valence-corrected chi connectivity index (χ3v) is 8.59. The van der Waals surface area contributed by atoms with Gasteiger partial charge in [0.05, 0.1) is 23.0 Å². The molecule has 4 aromatic rings. The zero-order valence-corrected chi connectivity index (χ0v) is 25.1. The number of aromatic nitrogens is 5. The summed E-state index contributed by atoms with van der Waals surface area (Å²) in [4.78, 5) is 54.4. The van der Waals surface area contributed by atoms with Crippen molar-refractivity contribution in [3.63, 3.8) is 0 Å². The van der Waals surface area contributed by atoms with Crippen LogP contribution in [0.1, 0.15) is 47.2 Å². The third kappa shape index (κ3) is 4.63. The van der Waals surface area contributed by atoms with Crippen molar-refractivity contribution in [2.75, 3.05) is 5.32 Å². The number of anilines is 1. The minimum absolute atomic E-state index is 0.187. The molecule has 1 aliphatic heterocycles. The second kappa shape index (κ2) is 10.1. The molecule has 11 nitrogen and oxygen atoms in total. The third-order valence-electron chi connectivity index (χ3n) is 8.15. The molecule has 0 bridgehead atoms. The maximum absolute atomic E-state index is 13.9. The summed E-state index contributed by atoms with van der Waals surface area (Å²) in [5.74, 6) is 0.0746. The van der Waals surface area contributed by atoms with Gasteiger partial charge in [-0.2, -0.15) is 10.4 Å². The van der Waals surface area contributed by atoms with E-state index in [0.29, 0.717) is 33.6 Å². The number of aryl methyl sites for hydroxylation is 3. The number of Topliss-reactive ketones (excluding diaryl/α,β-unsaturated/α-hetero) is 1. The van der Waals surface area contributed by atoms with Crippen molar-refractivity contribution in [3.8, 4) is 17.2 Å². The highest BCUT2D eigenvalue weighted by Gasteiger charge is 2.68. The van der Waals surface area contributed by atoms with Gasteiger partial charge in [-0.1, -0.05) is 6.07 Å². The van der Waals surface area contributed by atoms with Crippen LogP contribution in [0.2, 0.25) is 0 Å². The van der Waals surface area contributed by atoms with Gasteiger partial charge in [0.1, 0.15) is 34.5 Å². The quantitative estimate of drug-likeness (QED) is 0.246. The van der Waals surface area contributed by atoms with Crippen LogP contribution in [-0.4, -0.2) is 59.3 Å². The highest BCUT2D eigenvalue weighted by Crippen LogP contribution is 2.59. The number of fused-ring (bicyclic) bond motifs is 2. The molecule has 0 spiro atoms. The Hall–Kier alpha value is -4.50. The van der Waals surface area contributed by atoms with Crippen molar-refractivity contribution in [2.45, 2.75) is 59.2 Å². The summed E-state index contributed by atoms with van der Waals surface area (Å²) < 4.78 is 2.10. The topological polar surface area (TPSA) is 147 Å². The minimum Gasteiger partial charge on any atom is -0.324 e. The first kappa shape index (κ1) is 27.7. The van der Waals surface area contributed by atoms with Crippen molar-refractivity contribution >= 4 is 50.2 Å². The lowest BCUT2D eigenvalue weighted by atomic mass is 10.0. The number of hydrogen-bond donors (Lipinski definition) is 1. The van der Waals surface area contributed by atoms with Crippen molar-refractivity contribution in [3.05, 3.63) is 63.9 Å². The molecule has 6 rings (SSSR count). The van der Waals surface area contributed by atoms with E-state index in [1.807, 2.05) is 39.0 Å². The van der Waals surface area contributed by atoms with E-state index in [9.17, 15) is 19.6 Å². The lowest BCUT2D eigenvalue weighted by Crippen LogP contribution is -2.47. The second-order valence-electron chi connectivity index (χ2n) is 11.1. The van der Waals surface area contributed by atoms with Gasteiger partial charge in [0.2, 0.25) is 11.8 Å². The van der Waals surface area contributed by atoms with Crippen LogP contribution < -0.4 is 5.32 Å². The maximum Gasteiger partial charge on any atom is 0.248 e. The molecule has 0 unspecified atom stereocenters. The molecule has 12 heteroatoms. The monoisotopic (exact) mass is 626 g/mol. The van der Waals surface area contributed by atoms with Gasteiger partial charge in [-0.15, -0.1) is 0 Å². The Morgan fingerprint density at radius 3 is 2.52 bits per heavy atom. The van der Waals surface area contributed by atoms with E-state index in [0.717, 1.165) is 22.3 Å². The molecule has 1 aliphatic carbocycles. The number of likely N-dealkylation sites (tertiary alicyclic amines) is 1. The molecule has 0 radical (unpaired) electrons. The highest BCUT2D eigenvalue weighted by molar-refractivity contribution is 9.10. The summed E-state index contributed by atoms with van der Waals surface area (Å²) in [7, 11) is 0. The fourth-order valence-corrected chi connectivity index (χ4v) is 6.22. The zero-order chi connectivity index (χ0) is 29.9. The van der Waals surface area contributed by atoms with E-state index in [1.165, 1.54) is 16.5 Å². The predicted molar refractivity (Wildman–Crippen MR) is 157 cm³/mol. The van der Waals surface area contributed by atoms with Crippen LogP contribution in [0.15, 0.2) is 41.3 Å². The van der Waals surface area contributed by atoms with Crippen molar-refractivity contribution in [1.29, 1.82) is 5.26 Å². The van der Waals surface area contributed by atoms with E-state index < -0.39 is 17.4 Å². The number of halogens is 1. The first-order valence-corrected chi connectivity index (χ1v) is 14.3. The average Bonchev–Trinajstić information content (AvgIpc) is 3.37. The molecule has 212 valence electrons. The van der Waals surface area contributed by atoms with Crippen LogP contribution in [0.3, 0.4) is 0 Å². The van der Waals surface area contributed by atoms with Gasteiger partial charge in [0.25, 0.3) is 0 Å². The summed E-state index contributed by atoms with van der Waals surface area (Å²) in [6.07, 6.45) is 4.22.